The van der Waals surface area contributed by atoms with Crippen LogP contribution in [0, 0.1) is 6.92 Å². The van der Waals surface area contributed by atoms with Crippen LogP contribution in [0.15, 0.2) is 27.7 Å². The van der Waals surface area contributed by atoms with E-state index in [1.54, 1.807) is 0 Å². The Kier molecular flexibility index (Phi) is 7.43. The molecule has 0 aliphatic carbocycles. The van der Waals surface area contributed by atoms with Gasteiger partial charge in [-0.25, -0.2) is 9.98 Å². The van der Waals surface area contributed by atoms with E-state index in [-0.39, 0.29) is 0 Å². The topological polar surface area (TPSA) is 37.7 Å². The molecule has 0 fully saturated rings. The van der Waals surface area contributed by atoms with Crippen molar-refractivity contribution in [1.82, 2.24) is 9.88 Å². The number of allylic oxidation sites excluding steroid dienone is 1. The molecule has 0 saturated heterocycles. The number of aryl methyl sites for hydroxylation is 1. The molecule has 0 aliphatic rings. The Morgan fingerprint density at radius 2 is 2.29 bits per heavy atom. The molecule has 0 N–H and O–H groups in total. The Labute approximate surface area is 136 Å². The average Bonchev–Trinajstić information content (AvgIpc) is 2.44. The quantitative estimate of drug-likeness (QED) is 0.299. The predicted octanol–water partition coefficient (Wildman–Crippen LogP) is 4.50. The van der Waals surface area contributed by atoms with Crippen molar-refractivity contribution in [3.05, 3.63) is 28.4 Å². The highest BCUT2D eigenvalue weighted by molar-refractivity contribution is 9.10. The van der Waals surface area contributed by atoms with Gasteiger partial charge in [0.05, 0.1) is 28.8 Å². The largest absolute Gasteiger partial charge is 0.477 e. The van der Waals surface area contributed by atoms with Crippen LogP contribution in [0.5, 0.6) is 5.88 Å². The molecule has 0 aliphatic heterocycles. The first-order chi connectivity index (χ1) is 9.93. The van der Waals surface area contributed by atoms with E-state index in [0.29, 0.717) is 12.5 Å². The number of pyridine rings is 1. The van der Waals surface area contributed by atoms with Gasteiger partial charge in [0.2, 0.25) is 5.88 Å². The van der Waals surface area contributed by atoms with Crippen LogP contribution in [0.1, 0.15) is 32.4 Å². The number of aliphatic imine (C=N–C) groups is 1. The molecule has 0 spiro atoms. The SMILES string of the molecule is C=C(C)CCCOc1nc(C)c(N=CN(C)CC)cc1Br. The van der Waals surface area contributed by atoms with E-state index in [4.69, 9.17) is 4.74 Å². The lowest BCUT2D eigenvalue weighted by atomic mass is 10.2. The second-order valence-electron chi connectivity index (χ2n) is 5.11. The highest BCUT2D eigenvalue weighted by atomic mass is 79.9. The standard InChI is InChI=1S/C16H24BrN3O/c1-6-20(5)11-18-15-10-14(17)16(19-13(15)4)21-9-7-8-12(2)3/h10-11H,2,6-9H2,1,3-5H3. The van der Waals surface area contributed by atoms with Crippen LogP contribution in [0.4, 0.5) is 5.69 Å². The minimum Gasteiger partial charge on any atom is -0.477 e. The van der Waals surface area contributed by atoms with Crippen molar-refractivity contribution in [1.29, 1.82) is 0 Å². The number of halogens is 1. The highest BCUT2D eigenvalue weighted by Gasteiger charge is 2.08. The molecular weight excluding hydrogens is 330 g/mol. The van der Waals surface area contributed by atoms with E-state index in [9.17, 15) is 0 Å². The van der Waals surface area contributed by atoms with Crippen LogP contribution in [-0.4, -0.2) is 36.4 Å². The van der Waals surface area contributed by atoms with Crippen LogP contribution < -0.4 is 4.74 Å². The normalized spacial score (nSPS) is 10.9. The van der Waals surface area contributed by atoms with E-state index in [2.05, 4.69) is 39.4 Å². The third-order valence-electron chi connectivity index (χ3n) is 2.99. The minimum atomic E-state index is 0.622. The van der Waals surface area contributed by atoms with Gasteiger partial charge in [-0.05, 0) is 55.6 Å². The summed E-state index contributed by atoms with van der Waals surface area (Å²) in [6.07, 6.45) is 3.73. The Hall–Kier alpha value is -1.36. The maximum atomic E-state index is 5.71. The maximum absolute atomic E-state index is 5.71. The molecule has 0 amide bonds. The Balaban J connectivity index is 2.70. The van der Waals surface area contributed by atoms with E-state index < -0.39 is 0 Å². The van der Waals surface area contributed by atoms with E-state index in [1.165, 1.54) is 5.57 Å². The highest BCUT2D eigenvalue weighted by Crippen LogP contribution is 2.29. The van der Waals surface area contributed by atoms with Crippen molar-refractivity contribution in [3.63, 3.8) is 0 Å². The van der Waals surface area contributed by atoms with Gasteiger partial charge in [0, 0.05) is 13.6 Å². The second-order valence-corrected chi connectivity index (χ2v) is 5.96. The second kappa shape index (κ2) is 8.82. The fourth-order valence-electron chi connectivity index (χ4n) is 1.57. The average molecular weight is 354 g/mol. The van der Waals surface area contributed by atoms with Crippen LogP contribution in [-0.2, 0) is 0 Å². The first-order valence-corrected chi connectivity index (χ1v) is 7.92. The Morgan fingerprint density at radius 3 is 2.90 bits per heavy atom. The van der Waals surface area contributed by atoms with E-state index in [0.717, 1.165) is 35.2 Å². The molecule has 0 aromatic carbocycles. The molecule has 1 aromatic rings. The summed E-state index contributed by atoms with van der Waals surface area (Å²) in [7, 11) is 1.99. The summed E-state index contributed by atoms with van der Waals surface area (Å²) in [4.78, 5) is 10.9. The molecule has 1 heterocycles. The molecule has 4 nitrogen and oxygen atoms in total. The summed E-state index contributed by atoms with van der Waals surface area (Å²) >= 11 is 3.49. The van der Waals surface area contributed by atoms with Gasteiger partial charge in [-0.3, -0.25) is 0 Å². The first kappa shape index (κ1) is 17.7. The molecule has 0 radical (unpaired) electrons. The van der Waals surface area contributed by atoms with Gasteiger partial charge in [-0.2, -0.15) is 0 Å². The Bertz CT molecular complexity index is 514. The Morgan fingerprint density at radius 1 is 1.57 bits per heavy atom. The number of rotatable bonds is 8. The number of aromatic nitrogens is 1. The van der Waals surface area contributed by atoms with E-state index >= 15 is 0 Å². The zero-order valence-electron chi connectivity index (χ0n) is 13.3. The van der Waals surface area contributed by atoms with Gasteiger partial charge in [-0.15, -0.1) is 6.58 Å². The van der Waals surface area contributed by atoms with Crippen LogP contribution >= 0.6 is 15.9 Å². The van der Waals surface area contributed by atoms with Gasteiger partial charge in [0.1, 0.15) is 0 Å². The molecule has 1 rings (SSSR count). The number of hydrogen-bond donors (Lipinski definition) is 0. The van der Waals surface area contributed by atoms with Crippen molar-refractivity contribution >= 4 is 28.0 Å². The number of nitrogens with zero attached hydrogens (tertiary/aromatic N) is 3. The molecule has 0 atom stereocenters. The lowest BCUT2D eigenvalue weighted by molar-refractivity contribution is 0.297. The lowest BCUT2D eigenvalue weighted by Crippen LogP contribution is -2.14. The summed E-state index contributed by atoms with van der Waals surface area (Å²) < 4.78 is 6.54. The van der Waals surface area contributed by atoms with Crippen molar-refractivity contribution in [2.75, 3.05) is 20.2 Å². The van der Waals surface area contributed by atoms with Crippen LogP contribution in [0.25, 0.3) is 0 Å². The first-order valence-electron chi connectivity index (χ1n) is 7.12. The molecule has 1 aromatic heterocycles. The maximum Gasteiger partial charge on any atom is 0.228 e. The molecular formula is C16H24BrN3O. The number of ether oxygens (including phenoxy) is 1. The summed E-state index contributed by atoms with van der Waals surface area (Å²) in [6.45, 7) is 11.5. The monoisotopic (exact) mass is 353 g/mol. The van der Waals surface area contributed by atoms with Gasteiger partial charge >= 0.3 is 0 Å². The predicted molar refractivity (Wildman–Crippen MR) is 92.7 cm³/mol. The fourth-order valence-corrected chi connectivity index (χ4v) is 1.99. The van der Waals surface area contributed by atoms with Gasteiger partial charge in [0.25, 0.3) is 0 Å². The molecule has 0 unspecified atom stereocenters. The van der Waals surface area contributed by atoms with Crippen LogP contribution in [0.3, 0.4) is 0 Å². The lowest BCUT2D eigenvalue weighted by Gasteiger charge is -2.11. The molecule has 5 heteroatoms. The molecule has 21 heavy (non-hydrogen) atoms. The summed E-state index contributed by atoms with van der Waals surface area (Å²) in [5.41, 5.74) is 2.87. The van der Waals surface area contributed by atoms with Gasteiger partial charge in [-0.1, -0.05) is 5.57 Å². The smallest absolute Gasteiger partial charge is 0.228 e. The van der Waals surface area contributed by atoms with Crippen molar-refractivity contribution in [2.24, 2.45) is 4.99 Å². The zero-order valence-corrected chi connectivity index (χ0v) is 14.9. The van der Waals surface area contributed by atoms with Gasteiger partial charge < -0.3 is 9.64 Å². The fraction of sp³-hybridized carbons (Fsp3) is 0.500. The van der Waals surface area contributed by atoms with Gasteiger partial charge in [0.15, 0.2) is 0 Å². The third kappa shape index (κ3) is 6.29. The molecule has 116 valence electrons. The molecule has 0 saturated carbocycles. The van der Waals surface area contributed by atoms with Crippen molar-refractivity contribution in [3.8, 4) is 5.88 Å². The minimum absolute atomic E-state index is 0.622. The van der Waals surface area contributed by atoms with Crippen molar-refractivity contribution in [2.45, 2.75) is 33.6 Å². The van der Waals surface area contributed by atoms with E-state index in [1.807, 2.05) is 38.2 Å². The third-order valence-corrected chi connectivity index (χ3v) is 3.56. The zero-order chi connectivity index (χ0) is 15.8. The summed E-state index contributed by atoms with van der Waals surface area (Å²) in [5, 5.41) is 0. The van der Waals surface area contributed by atoms with Crippen LogP contribution in [0.2, 0.25) is 0 Å². The van der Waals surface area contributed by atoms with Crippen molar-refractivity contribution < 1.29 is 4.74 Å². The summed E-state index contributed by atoms with van der Waals surface area (Å²) in [5.74, 6) is 0.622. The summed E-state index contributed by atoms with van der Waals surface area (Å²) in [6, 6.07) is 1.94. The molecule has 0 bridgehead atoms. The number of hydrogen-bond acceptors (Lipinski definition) is 3.